The Balaban J connectivity index is 1.38. The fourth-order valence-electron chi connectivity index (χ4n) is 3.32. The number of piperidine rings is 1. The Morgan fingerprint density at radius 2 is 1.67 bits per heavy atom. The lowest BCUT2D eigenvalue weighted by atomic mass is 10.1. The Morgan fingerprint density at radius 3 is 2.33 bits per heavy atom. The van der Waals surface area contributed by atoms with Gasteiger partial charge in [-0.1, -0.05) is 30.2 Å². The van der Waals surface area contributed by atoms with Crippen LogP contribution in [0.5, 0.6) is 5.75 Å². The minimum atomic E-state index is -3.43. The number of nitrogens with one attached hydrogen (secondary N) is 1. The predicted octanol–water partition coefficient (Wildman–Crippen LogP) is 3.64. The van der Waals surface area contributed by atoms with Crippen molar-refractivity contribution in [2.75, 3.05) is 26.2 Å². The first-order valence-corrected chi connectivity index (χ1v) is 12.0. The van der Waals surface area contributed by atoms with Gasteiger partial charge < -0.3 is 10.1 Å². The summed E-state index contributed by atoms with van der Waals surface area (Å²) in [6.07, 6.45) is 3.94. The third kappa shape index (κ3) is 6.45. The molecule has 2 aromatic rings. The summed E-state index contributed by atoms with van der Waals surface area (Å²) in [5.41, 5.74) is 1.06. The van der Waals surface area contributed by atoms with E-state index in [0.717, 1.165) is 24.8 Å². The summed E-state index contributed by atoms with van der Waals surface area (Å²) in [6.45, 7) is 1.86. The molecule has 0 spiro atoms. The molecule has 0 atom stereocenters. The van der Waals surface area contributed by atoms with Crippen LogP contribution in [0.2, 0.25) is 5.02 Å². The van der Waals surface area contributed by atoms with Gasteiger partial charge in [-0.3, -0.25) is 4.79 Å². The van der Waals surface area contributed by atoms with E-state index in [2.05, 4.69) is 5.32 Å². The van der Waals surface area contributed by atoms with Gasteiger partial charge in [-0.25, -0.2) is 8.42 Å². The Morgan fingerprint density at radius 1 is 1.00 bits per heavy atom. The van der Waals surface area contributed by atoms with Crippen molar-refractivity contribution in [2.24, 2.45) is 0 Å². The molecule has 0 aromatic heterocycles. The number of carbonyl (C=O) groups is 1. The highest BCUT2D eigenvalue weighted by atomic mass is 35.5. The molecular weight excluding hydrogens is 424 g/mol. The van der Waals surface area contributed by atoms with E-state index in [1.54, 1.807) is 28.6 Å². The van der Waals surface area contributed by atoms with E-state index >= 15 is 0 Å². The number of ether oxygens (including phenoxy) is 1. The lowest BCUT2D eigenvalue weighted by Crippen LogP contribution is -2.35. The van der Waals surface area contributed by atoms with E-state index in [9.17, 15) is 13.2 Å². The Kier molecular flexibility index (Phi) is 8.13. The smallest absolute Gasteiger partial charge is 0.243 e. The molecule has 0 aliphatic carbocycles. The highest BCUT2D eigenvalue weighted by Crippen LogP contribution is 2.22. The van der Waals surface area contributed by atoms with Crippen LogP contribution < -0.4 is 10.1 Å². The second kappa shape index (κ2) is 10.8. The number of sulfonamides is 1. The van der Waals surface area contributed by atoms with Crippen LogP contribution in [0.3, 0.4) is 0 Å². The number of carbonyl (C=O) groups excluding carboxylic acids is 1. The molecule has 1 amide bonds. The highest BCUT2D eigenvalue weighted by Gasteiger charge is 2.25. The first-order valence-electron chi connectivity index (χ1n) is 10.2. The lowest BCUT2D eigenvalue weighted by molar-refractivity contribution is -0.121. The number of hydrogen-bond donors (Lipinski definition) is 1. The first kappa shape index (κ1) is 22.6. The molecule has 1 saturated heterocycles. The van der Waals surface area contributed by atoms with Gasteiger partial charge in [0.15, 0.2) is 0 Å². The molecule has 0 unspecified atom stereocenters. The van der Waals surface area contributed by atoms with Crippen molar-refractivity contribution in [3.8, 4) is 5.75 Å². The van der Waals surface area contributed by atoms with Gasteiger partial charge in [0.2, 0.25) is 15.9 Å². The van der Waals surface area contributed by atoms with Crippen molar-refractivity contribution >= 4 is 27.5 Å². The lowest BCUT2D eigenvalue weighted by Gasteiger charge is -2.25. The van der Waals surface area contributed by atoms with E-state index < -0.39 is 10.0 Å². The van der Waals surface area contributed by atoms with Gasteiger partial charge in [0, 0.05) is 24.5 Å². The van der Waals surface area contributed by atoms with Crippen molar-refractivity contribution < 1.29 is 17.9 Å². The molecule has 1 aliphatic rings. The first-order chi connectivity index (χ1) is 14.4. The van der Waals surface area contributed by atoms with Gasteiger partial charge in [0.25, 0.3) is 0 Å². The summed E-state index contributed by atoms with van der Waals surface area (Å²) in [5.74, 6) is 0.527. The zero-order valence-corrected chi connectivity index (χ0v) is 18.4. The Bertz CT molecular complexity index is 925. The van der Waals surface area contributed by atoms with Crippen LogP contribution in [-0.4, -0.2) is 44.9 Å². The van der Waals surface area contributed by atoms with Crippen LogP contribution in [0.1, 0.15) is 31.2 Å². The fraction of sp³-hybridized carbons (Fsp3) is 0.409. The van der Waals surface area contributed by atoms with Gasteiger partial charge in [0.05, 0.1) is 11.4 Å². The van der Waals surface area contributed by atoms with Crippen LogP contribution in [0.25, 0.3) is 0 Å². The molecule has 1 N–H and O–H groups in total. The average molecular weight is 451 g/mol. The van der Waals surface area contributed by atoms with E-state index in [0.29, 0.717) is 49.9 Å². The maximum Gasteiger partial charge on any atom is 0.243 e. The normalized spacial score (nSPS) is 15.0. The monoisotopic (exact) mass is 450 g/mol. The minimum Gasteiger partial charge on any atom is -0.492 e. The summed E-state index contributed by atoms with van der Waals surface area (Å²) in [4.78, 5) is 12.2. The number of benzene rings is 2. The van der Waals surface area contributed by atoms with Gasteiger partial charge in [-0.15, -0.1) is 0 Å². The third-order valence-electron chi connectivity index (χ3n) is 5.02. The largest absolute Gasteiger partial charge is 0.492 e. The van der Waals surface area contributed by atoms with Crippen LogP contribution in [-0.2, 0) is 21.2 Å². The van der Waals surface area contributed by atoms with E-state index in [-0.39, 0.29) is 10.8 Å². The van der Waals surface area contributed by atoms with E-state index in [1.165, 1.54) is 0 Å². The molecule has 0 saturated carbocycles. The van der Waals surface area contributed by atoms with Crippen LogP contribution in [0.15, 0.2) is 53.4 Å². The van der Waals surface area contributed by atoms with Crippen molar-refractivity contribution in [3.63, 3.8) is 0 Å². The molecule has 0 radical (unpaired) electrons. The standard InChI is InChI=1S/C22H27ClN2O4S/c23-19-7-4-18(5-8-19)6-13-22(26)24-14-17-29-20-9-11-21(12-10-20)30(27,28)25-15-2-1-3-16-25/h4-5,7-12H,1-3,6,13-17H2,(H,24,26). The number of aryl methyl sites for hydroxylation is 1. The second-order valence-electron chi connectivity index (χ2n) is 7.26. The maximum atomic E-state index is 12.6. The van der Waals surface area contributed by atoms with E-state index in [1.807, 2.05) is 24.3 Å². The molecule has 2 aromatic carbocycles. The third-order valence-corrected chi connectivity index (χ3v) is 7.19. The van der Waals surface area contributed by atoms with E-state index in [4.69, 9.17) is 16.3 Å². The van der Waals surface area contributed by atoms with Crippen molar-refractivity contribution in [1.29, 1.82) is 0 Å². The summed E-state index contributed by atoms with van der Waals surface area (Å²) in [5, 5.41) is 3.50. The van der Waals surface area contributed by atoms with Crippen LogP contribution in [0, 0.1) is 0 Å². The number of halogens is 1. The topological polar surface area (TPSA) is 75.7 Å². The zero-order chi connectivity index (χ0) is 21.4. The summed E-state index contributed by atoms with van der Waals surface area (Å²) < 4.78 is 32.4. The predicted molar refractivity (Wildman–Crippen MR) is 117 cm³/mol. The summed E-state index contributed by atoms with van der Waals surface area (Å²) in [6, 6.07) is 13.9. The fourth-order valence-corrected chi connectivity index (χ4v) is 4.96. The summed E-state index contributed by atoms with van der Waals surface area (Å²) in [7, 11) is -3.43. The second-order valence-corrected chi connectivity index (χ2v) is 9.64. The van der Waals surface area contributed by atoms with Gasteiger partial charge in [-0.05, 0) is 61.2 Å². The SMILES string of the molecule is O=C(CCc1ccc(Cl)cc1)NCCOc1ccc(S(=O)(=O)N2CCCCC2)cc1. The minimum absolute atomic E-state index is 0.0449. The molecule has 0 bridgehead atoms. The molecule has 162 valence electrons. The number of amides is 1. The quantitative estimate of drug-likeness (QED) is 0.592. The van der Waals surface area contributed by atoms with Crippen LogP contribution >= 0.6 is 11.6 Å². The molecule has 1 fully saturated rings. The van der Waals surface area contributed by atoms with Crippen LogP contribution in [0.4, 0.5) is 0 Å². The van der Waals surface area contributed by atoms with Crippen molar-refractivity contribution in [2.45, 2.75) is 37.0 Å². The number of rotatable bonds is 9. The molecule has 1 heterocycles. The Labute approximate surface area is 183 Å². The van der Waals surface area contributed by atoms with Gasteiger partial charge in [0.1, 0.15) is 12.4 Å². The molecular formula is C22H27ClN2O4S. The molecule has 30 heavy (non-hydrogen) atoms. The average Bonchev–Trinajstić information content (AvgIpc) is 2.77. The molecule has 1 aliphatic heterocycles. The molecule has 8 heteroatoms. The summed E-state index contributed by atoms with van der Waals surface area (Å²) >= 11 is 5.85. The number of hydrogen-bond acceptors (Lipinski definition) is 4. The molecule has 3 rings (SSSR count). The Hall–Kier alpha value is -2.09. The number of nitrogens with zero attached hydrogens (tertiary/aromatic N) is 1. The maximum absolute atomic E-state index is 12.6. The van der Waals surface area contributed by atoms with Crippen molar-refractivity contribution in [3.05, 3.63) is 59.1 Å². The molecule has 6 nitrogen and oxygen atoms in total. The van der Waals surface area contributed by atoms with Gasteiger partial charge in [-0.2, -0.15) is 4.31 Å². The van der Waals surface area contributed by atoms with Gasteiger partial charge >= 0.3 is 0 Å². The zero-order valence-electron chi connectivity index (χ0n) is 16.8. The highest BCUT2D eigenvalue weighted by molar-refractivity contribution is 7.89. The van der Waals surface area contributed by atoms with Crippen molar-refractivity contribution in [1.82, 2.24) is 9.62 Å².